The Morgan fingerprint density at radius 1 is 1.33 bits per heavy atom. The van der Waals surface area contributed by atoms with Crippen LogP contribution < -0.4 is 0 Å². The summed E-state index contributed by atoms with van der Waals surface area (Å²) < 4.78 is 0.870. The third kappa shape index (κ3) is 1.47. The van der Waals surface area contributed by atoms with E-state index in [9.17, 15) is 0 Å². The van der Waals surface area contributed by atoms with Gasteiger partial charge in [-0.15, -0.1) is 0 Å². The second kappa shape index (κ2) is 3.21. The largest absolute Gasteiger partial charge is 0.361 e. The molecule has 60 valence electrons. The van der Waals surface area contributed by atoms with Crippen LogP contribution in [-0.4, -0.2) is 4.98 Å². The van der Waals surface area contributed by atoms with Crippen LogP contribution in [0.2, 0.25) is 0 Å². The van der Waals surface area contributed by atoms with Crippen molar-refractivity contribution in [1.82, 2.24) is 4.98 Å². The first kappa shape index (κ1) is 7.71. The van der Waals surface area contributed by atoms with E-state index >= 15 is 0 Å². The van der Waals surface area contributed by atoms with Gasteiger partial charge in [0.05, 0.1) is 0 Å². The van der Waals surface area contributed by atoms with Crippen LogP contribution in [0.3, 0.4) is 0 Å². The summed E-state index contributed by atoms with van der Waals surface area (Å²) in [4.78, 5) is 3.15. The third-order valence-electron chi connectivity index (χ3n) is 1.61. The molecule has 12 heavy (non-hydrogen) atoms. The van der Waals surface area contributed by atoms with Gasteiger partial charge in [-0.2, -0.15) is 11.3 Å². The number of H-pyrrole nitrogens is 1. The molecular formula is C9H7NS2. The number of thiophene rings is 1. The fraction of sp³-hybridized carbons (Fsp3) is 0. The van der Waals surface area contributed by atoms with Crippen LogP contribution in [0.25, 0.3) is 11.3 Å². The first-order valence-electron chi connectivity index (χ1n) is 3.57. The van der Waals surface area contributed by atoms with Crippen molar-refractivity contribution in [2.24, 2.45) is 0 Å². The van der Waals surface area contributed by atoms with Gasteiger partial charge in [0, 0.05) is 27.3 Å². The van der Waals surface area contributed by atoms with E-state index in [0.29, 0.717) is 0 Å². The maximum atomic E-state index is 5.06. The summed E-state index contributed by atoms with van der Waals surface area (Å²) in [6, 6.07) is 5.92. The fourth-order valence-corrected chi connectivity index (χ4v) is 1.87. The van der Waals surface area contributed by atoms with Gasteiger partial charge in [0.1, 0.15) is 0 Å². The van der Waals surface area contributed by atoms with Crippen LogP contribution >= 0.6 is 23.6 Å². The molecule has 2 rings (SSSR count). The van der Waals surface area contributed by atoms with E-state index in [1.165, 1.54) is 5.56 Å². The van der Waals surface area contributed by atoms with Crippen LogP contribution in [-0.2, 0) is 0 Å². The van der Waals surface area contributed by atoms with Crippen LogP contribution in [0.5, 0.6) is 0 Å². The zero-order valence-electron chi connectivity index (χ0n) is 6.28. The van der Waals surface area contributed by atoms with E-state index in [2.05, 4.69) is 21.8 Å². The predicted octanol–water partition coefficient (Wildman–Crippen LogP) is 3.47. The van der Waals surface area contributed by atoms with E-state index < -0.39 is 0 Å². The van der Waals surface area contributed by atoms with Crippen molar-refractivity contribution < 1.29 is 0 Å². The Morgan fingerprint density at radius 3 is 2.92 bits per heavy atom. The highest BCUT2D eigenvalue weighted by molar-refractivity contribution is 7.71. The topological polar surface area (TPSA) is 15.8 Å². The van der Waals surface area contributed by atoms with E-state index in [-0.39, 0.29) is 0 Å². The molecule has 0 aliphatic heterocycles. The molecule has 0 spiro atoms. The van der Waals surface area contributed by atoms with Gasteiger partial charge in [-0.05, 0) is 23.6 Å². The normalized spacial score (nSPS) is 10.0. The smallest absolute Gasteiger partial charge is 0.0476 e. The zero-order chi connectivity index (χ0) is 8.39. The summed E-state index contributed by atoms with van der Waals surface area (Å²) in [5, 5.41) is 4.15. The lowest BCUT2D eigenvalue weighted by Gasteiger charge is -1.95. The average Bonchev–Trinajstić information content (AvgIpc) is 2.56. The van der Waals surface area contributed by atoms with Crippen LogP contribution in [0.1, 0.15) is 0 Å². The molecule has 0 atom stereocenters. The Labute approximate surface area is 79.7 Å². The minimum atomic E-state index is 0.870. The molecule has 0 saturated carbocycles. The summed E-state index contributed by atoms with van der Waals surface area (Å²) in [6.45, 7) is 0. The summed E-state index contributed by atoms with van der Waals surface area (Å²) in [6.07, 6.45) is 1.87. The molecule has 0 amide bonds. The summed E-state index contributed by atoms with van der Waals surface area (Å²) >= 11 is 6.74. The fourth-order valence-electron chi connectivity index (χ4n) is 1.03. The van der Waals surface area contributed by atoms with Crippen LogP contribution in [0, 0.1) is 4.51 Å². The lowest BCUT2D eigenvalue weighted by molar-refractivity contribution is 1.33. The molecule has 0 aliphatic rings. The first-order valence-corrected chi connectivity index (χ1v) is 4.93. The Morgan fingerprint density at radius 2 is 2.25 bits per heavy atom. The SMILES string of the molecule is S=c1cc[nH]c(-c2ccsc2)c1. The van der Waals surface area contributed by atoms with E-state index in [4.69, 9.17) is 12.2 Å². The molecule has 3 heteroatoms. The molecule has 0 radical (unpaired) electrons. The molecule has 2 aromatic rings. The molecule has 0 bridgehead atoms. The highest BCUT2D eigenvalue weighted by Crippen LogP contribution is 2.19. The molecule has 0 unspecified atom stereocenters. The minimum Gasteiger partial charge on any atom is -0.361 e. The van der Waals surface area contributed by atoms with Crippen molar-refractivity contribution >= 4 is 23.6 Å². The molecule has 0 aliphatic carbocycles. The van der Waals surface area contributed by atoms with Gasteiger partial charge in [0.25, 0.3) is 0 Å². The predicted molar refractivity (Wildman–Crippen MR) is 54.9 cm³/mol. The van der Waals surface area contributed by atoms with Crippen molar-refractivity contribution in [1.29, 1.82) is 0 Å². The molecule has 0 aromatic carbocycles. The molecule has 2 aromatic heterocycles. The number of hydrogen-bond donors (Lipinski definition) is 1. The lowest BCUT2D eigenvalue weighted by Crippen LogP contribution is -1.78. The van der Waals surface area contributed by atoms with Crippen molar-refractivity contribution in [2.75, 3.05) is 0 Å². The first-order chi connectivity index (χ1) is 5.86. The second-order valence-electron chi connectivity index (χ2n) is 2.45. The average molecular weight is 193 g/mol. The monoisotopic (exact) mass is 193 g/mol. The Hall–Kier alpha value is -0.930. The van der Waals surface area contributed by atoms with Crippen molar-refractivity contribution in [3.8, 4) is 11.3 Å². The van der Waals surface area contributed by atoms with Gasteiger partial charge >= 0.3 is 0 Å². The zero-order valence-corrected chi connectivity index (χ0v) is 7.91. The molecule has 1 nitrogen and oxygen atoms in total. The summed E-state index contributed by atoms with van der Waals surface area (Å²) in [5.74, 6) is 0. The number of hydrogen-bond acceptors (Lipinski definition) is 2. The maximum absolute atomic E-state index is 5.06. The maximum Gasteiger partial charge on any atom is 0.0476 e. The highest BCUT2D eigenvalue weighted by atomic mass is 32.1. The summed E-state index contributed by atoms with van der Waals surface area (Å²) in [7, 11) is 0. The minimum absolute atomic E-state index is 0.870. The van der Waals surface area contributed by atoms with Crippen molar-refractivity contribution in [2.45, 2.75) is 0 Å². The number of pyridine rings is 1. The molecular weight excluding hydrogens is 186 g/mol. The van der Waals surface area contributed by atoms with Crippen LogP contribution in [0.4, 0.5) is 0 Å². The van der Waals surface area contributed by atoms with Gasteiger partial charge < -0.3 is 4.98 Å². The van der Waals surface area contributed by atoms with Gasteiger partial charge in [0.2, 0.25) is 0 Å². The Bertz CT molecular complexity index is 414. The molecule has 2 heterocycles. The second-order valence-corrected chi connectivity index (χ2v) is 3.70. The van der Waals surface area contributed by atoms with Gasteiger partial charge in [-0.1, -0.05) is 12.2 Å². The molecule has 0 saturated heterocycles. The Balaban J connectivity index is 2.55. The van der Waals surface area contributed by atoms with E-state index in [0.717, 1.165) is 10.2 Å². The van der Waals surface area contributed by atoms with Gasteiger partial charge in [-0.25, -0.2) is 0 Å². The summed E-state index contributed by atoms with van der Waals surface area (Å²) in [5.41, 5.74) is 2.29. The molecule has 1 N–H and O–H groups in total. The third-order valence-corrected chi connectivity index (χ3v) is 2.54. The van der Waals surface area contributed by atoms with E-state index in [1.54, 1.807) is 11.3 Å². The quantitative estimate of drug-likeness (QED) is 0.686. The standard InChI is InChI=1S/C9H7NS2/c11-8-1-3-10-9(5-8)7-2-4-12-6-7/h1-6H,(H,10,11). The number of aromatic amines is 1. The lowest BCUT2D eigenvalue weighted by atomic mass is 10.2. The van der Waals surface area contributed by atoms with Gasteiger partial charge in [-0.3, -0.25) is 0 Å². The number of rotatable bonds is 1. The van der Waals surface area contributed by atoms with Crippen LogP contribution in [0.15, 0.2) is 35.2 Å². The highest BCUT2D eigenvalue weighted by Gasteiger charge is 1.95. The number of nitrogens with one attached hydrogen (secondary N) is 1. The van der Waals surface area contributed by atoms with Crippen molar-refractivity contribution in [3.63, 3.8) is 0 Å². The van der Waals surface area contributed by atoms with E-state index in [1.807, 2.05) is 18.3 Å². The Kier molecular flexibility index (Phi) is 2.06. The molecule has 0 fully saturated rings. The van der Waals surface area contributed by atoms with Crippen molar-refractivity contribution in [3.05, 3.63) is 39.7 Å². The van der Waals surface area contributed by atoms with Gasteiger partial charge in [0.15, 0.2) is 0 Å². The number of aromatic nitrogens is 1.